The SMILES string of the molecule is CC(CCc1ccccc1)NC(=O)CCS(=O)(=O)c1ccccc1. The summed E-state index contributed by atoms with van der Waals surface area (Å²) in [5.74, 6) is -0.399. The van der Waals surface area contributed by atoms with Crippen molar-refractivity contribution in [1.29, 1.82) is 0 Å². The number of aryl methyl sites for hydroxylation is 1. The van der Waals surface area contributed by atoms with E-state index in [2.05, 4.69) is 17.4 Å². The van der Waals surface area contributed by atoms with Gasteiger partial charge in [-0.15, -0.1) is 0 Å². The molecule has 0 saturated carbocycles. The Balaban J connectivity index is 1.76. The van der Waals surface area contributed by atoms with Crippen molar-refractivity contribution in [2.75, 3.05) is 5.75 Å². The summed E-state index contributed by atoms with van der Waals surface area (Å²) in [6.07, 6.45) is 1.68. The van der Waals surface area contributed by atoms with Crippen LogP contribution < -0.4 is 5.32 Å². The molecule has 1 amide bonds. The number of hydrogen-bond donors (Lipinski definition) is 1. The van der Waals surface area contributed by atoms with Gasteiger partial charge in [-0.2, -0.15) is 0 Å². The Hall–Kier alpha value is -2.14. The molecule has 128 valence electrons. The van der Waals surface area contributed by atoms with E-state index in [0.717, 1.165) is 12.8 Å². The molecule has 1 N–H and O–H groups in total. The van der Waals surface area contributed by atoms with Crippen LogP contribution >= 0.6 is 0 Å². The molecule has 0 aromatic heterocycles. The lowest BCUT2D eigenvalue weighted by Crippen LogP contribution is -2.33. The lowest BCUT2D eigenvalue weighted by Gasteiger charge is -2.14. The lowest BCUT2D eigenvalue weighted by molar-refractivity contribution is -0.121. The predicted molar refractivity (Wildman–Crippen MR) is 95.5 cm³/mol. The first-order valence-corrected chi connectivity index (χ1v) is 9.74. The second kappa shape index (κ2) is 8.64. The summed E-state index contributed by atoms with van der Waals surface area (Å²) in [5, 5.41) is 2.87. The number of benzene rings is 2. The topological polar surface area (TPSA) is 63.2 Å². The van der Waals surface area contributed by atoms with Crippen LogP contribution in [0.15, 0.2) is 65.6 Å². The molecule has 0 aliphatic rings. The highest BCUT2D eigenvalue weighted by molar-refractivity contribution is 7.91. The van der Waals surface area contributed by atoms with Crippen LogP contribution in [-0.2, 0) is 21.1 Å². The van der Waals surface area contributed by atoms with E-state index in [0.29, 0.717) is 0 Å². The molecule has 0 aliphatic carbocycles. The van der Waals surface area contributed by atoms with Gasteiger partial charge in [0.1, 0.15) is 0 Å². The molecule has 4 nitrogen and oxygen atoms in total. The largest absolute Gasteiger partial charge is 0.354 e. The van der Waals surface area contributed by atoms with Gasteiger partial charge in [0.25, 0.3) is 0 Å². The van der Waals surface area contributed by atoms with Gasteiger partial charge in [0.05, 0.1) is 10.6 Å². The highest BCUT2D eigenvalue weighted by Crippen LogP contribution is 2.11. The summed E-state index contributed by atoms with van der Waals surface area (Å²) in [4.78, 5) is 12.2. The number of rotatable bonds is 8. The van der Waals surface area contributed by atoms with Gasteiger partial charge in [-0.25, -0.2) is 8.42 Å². The van der Waals surface area contributed by atoms with Crippen LogP contribution in [0, 0.1) is 0 Å². The molecule has 1 unspecified atom stereocenters. The van der Waals surface area contributed by atoms with Gasteiger partial charge < -0.3 is 5.32 Å². The van der Waals surface area contributed by atoms with Crippen molar-refractivity contribution in [1.82, 2.24) is 5.32 Å². The molecular formula is C19H23NO3S. The third kappa shape index (κ3) is 5.81. The average molecular weight is 345 g/mol. The maximum absolute atomic E-state index is 12.2. The fourth-order valence-corrected chi connectivity index (χ4v) is 3.68. The maximum atomic E-state index is 12.2. The van der Waals surface area contributed by atoms with E-state index in [1.54, 1.807) is 30.3 Å². The molecule has 2 rings (SSSR count). The molecule has 2 aromatic rings. The zero-order valence-corrected chi connectivity index (χ0v) is 14.6. The van der Waals surface area contributed by atoms with Crippen molar-refractivity contribution in [3.63, 3.8) is 0 Å². The predicted octanol–water partition coefficient (Wildman–Crippen LogP) is 2.99. The molecule has 0 fully saturated rings. The Kier molecular flexibility index (Phi) is 6.55. The summed E-state index contributed by atoms with van der Waals surface area (Å²) < 4.78 is 24.3. The molecule has 0 saturated heterocycles. The summed E-state index contributed by atoms with van der Waals surface area (Å²) in [5.41, 5.74) is 1.23. The van der Waals surface area contributed by atoms with Crippen molar-refractivity contribution < 1.29 is 13.2 Å². The van der Waals surface area contributed by atoms with E-state index >= 15 is 0 Å². The van der Waals surface area contributed by atoms with Gasteiger partial charge in [0.15, 0.2) is 9.84 Å². The zero-order valence-electron chi connectivity index (χ0n) is 13.8. The number of carbonyl (C=O) groups excluding carboxylic acids is 1. The fraction of sp³-hybridized carbons (Fsp3) is 0.316. The lowest BCUT2D eigenvalue weighted by atomic mass is 10.1. The summed E-state index contributed by atoms with van der Waals surface area (Å²) in [6, 6.07) is 18.3. The Morgan fingerprint density at radius 2 is 1.58 bits per heavy atom. The third-order valence-electron chi connectivity index (χ3n) is 3.82. The molecule has 2 aromatic carbocycles. The average Bonchev–Trinajstić information content (AvgIpc) is 2.60. The van der Waals surface area contributed by atoms with Gasteiger partial charge >= 0.3 is 0 Å². The van der Waals surface area contributed by atoms with Crippen molar-refractivity contribution in [3.8, 4) is 0 Å². The molecule has 0 heterocycles. The van der Waals surface area contributed by atoms with Gasteiger partial charge in [0, 0.05) is 12.5 Å². The van der Waals surface area contributed by atoms with Crippen molar-refractivity contribution >= 4 is 15.7 Å². The van der Waals surface area contributed by atoms with Crippen LogP contribution in [0.2, 0.25) is 0 Å². The van der Waals surface area contributed by atoms with Crippen LogP contribution in [0.3, 0.4) is 0 Å². The van der Waals surface area contributed by atoms with E-state index < -0.39 is 9.84 Å². The summed E-state index contributed by atoms with van der Waals surface area (Å²) in [7, 11) is -3.41. The first kappa shape index (κ1) is 18.2. The van der Waals surface area contributed by atoms with E-state index in [1.807, 2.05) is 25.1 Å². The molecule has 5 heteroatoms. The fourth-order valence-electron chi connectivity index (χ4n) is 2.42. The van der Waals surface area contributed by atoms with Gasteiger partial charge in [-0.3, -0.25) is 4.79 Å². The van der Waals surface area contributed by atoms with E-state index in [4.69, 9.17) is 0 Å². The van der Waals surface area contributed by atoms with E-state index in [1.165, 1.54) is 5.56 Å². The highest BCUT2D eigenvalue weighted by atomic mass is 32.2. The Morgan fingerprint density at radius 3 is 2.21 bits per heavy atom. The molecular weight excluding hydrogens is 322 g/mol. The van der Waals surface area contributed by atoms with Crippen LogP contribution in [-0.4, -0.2) is 26.1 Å². The Morgan fingerprint density at radius 1 is 1.00 bits per heavy atom. The van der Waals surface area contributed by atoms with Crippen LogP contribution in [0.1, 0.15) is 25.3 Å². The normalized spacial score (nSPS) is 12.5. The Labute approximate surface area is 143 Å². The van der Waals surface area contributed by atoms with Crippen LogP contribution in [0.5, 0.6) is 0 Å². The Bertz CT molecular complexity index is 743. The van der Waals surface area contributed by atoms with Crippen molar-refractivity contribution in [2.24, 2.45) is 0 Å². The second-order valence-corrected chi connectivity index (χ2v) is 7.98. The first-order chi connectivity index (χ1) is 11.5. The first-order valence-electron chi connectivity index (χ1n) is 8.08. The minimum Gasteiger partial charge on any atom is -0.354 e. The molecule has 0 spiro atoms. The highest BCUT2D eigenvalue weighted by Gasteiger charge is 2.16. The van der Waals surface area contributed by atoms with Gasteiger partial charge in [0.2, 0.25) is 5.91 Å². The zero-order chi connectivity index (χ0) is 17.4. The molecule has 1 atom stereocenters. The smallest absolute Gasteiger partial charge is 0.221 e. The minimum absolute atomic E-state index is 0.0112. The monoisotopic (exact) mass is 345 g/mol. The van der Waals surface area contributed by atoms with E-state index in [9.17, 15) is 13.2 Å². The van der Waals surface area contributed by atoms with Crippen molar-refractivity contribution in [3.05, 3.63) is 66.2 Å². The number of amides is 1. The molecule has 0 bridgehead atoms. The summed E-state index contributed by atoms with van der Waals surface area (Å²) >= 11 is 0. The maximum Gasteiger partial charge on any atom is 0.221 e. The van der Waals surface area contributed by atoms with Gasteiger partial charge in [-0.05, 0) is 37.5 Å². The van der Waals surface area contributed by atoms with Gasteiger partial charge in [-0.1, -0.05) is 48.5 Å². The van der Waals surface area contributed by atoms with Crippen molar-refractivity contribution in [2.45, 2.75) is 37.1 Å². The number of sulfone groups is 1. The standard InChI is InChI=1S/C19H23NO3S/c1-16(12-13-17-8-4-2-5-9-17)20-19(21)14-15-24(22,23)18-10-6-3-7-11-18/h2-11,16H,12-15H2,1H3,(H,20,21). The minimum atomic E-state index is -3.41. The molecule has 0 aliphatic heterocycles. The van der Waals surface area contributed by atoms with E-state index in [-0.39, 0.29) is 29.0 Å². The quantitative estimate of drug-likeness (QED) is 0.800. The van der Waals surface area contributed by atoms with Crippen LogP contribution in [0.25, 0.3) is 0 Å². The second-order valence-electron chi connectivity index (χ2n) is 5.87. The number of nitrogens with one attached hydrogen (secondary N) is 1. The number of carbonyl (C=O) groups is 1. The molecule has 24 heavy (non-hydrogen) atoms. The molecule has 0 radical (unpaired) electrons. The summed E-state index contributed by atoms with van der Waals surface area (Å²) in [6.45, 7) is 1.94. The van der Waals surface area contributed by atoms with Crippen LogP contribution in [0.4, 0.5) is 0 Å². The number of hydrogen-bond acceptors (Lipinski definition) is 3. The third-order valence-corrected chi connectivity index (χ3v) is 5.55.